The summed E-state index contributed by atoms with van der Waals surface area (Å²) >= 11 is 1.38. The van der Waals surface area contributed by atoms with Crippen molar-refractivity contribution in [1.29, 1.82) is 0 Å². The van der Waals surface area contributed by atoms with Gasteiger partial charge in [0.15, 0.2) is 0 Å². The molecule has 1 atom stereocenters. The first-order valence-electron chi connectivity index (χ1n) is 5.71. The molecule has 1 unspecified atom stereocenters. The molecule has 0 radical (unpaired) electrons. The lowest BCUT2D eigenvalue weighted by Gasteiger charge is -2.34. The van der Waals surface area contributed by atoms with Crippen LogP contribution < -0.4 is 0 Å². The average molecular weight is 264 g/mol. The first-order chi connectivity index (χ1) is 7.47. The topological polar surface area (TPSA) is 40.6 Å². The molecule has 1 saturated carbocycles. The molecule has 1 rings (SSSR count). The van der Waals surface area contributed by atoms with Crippen LogP contribution in [0.1, 0.15) is 26.7 Å². The van der Waals surface area contributed by atoms with Gasteiger partial charge in [0.1, 0.15) is 0 Å². The fourth-order valence-corrected chi connectivity index (χ4v) is 6.19. The molecule has 0 aromatic heterocycles. The smallest absolute Gasteiger partial charge is 0.274 e. The molecule has 0 heterocycles. The third-order valence-corrected chi connectivity index (χ3v) is 8.64. The Labute approximate surface area is 102 Å². The van der Waals surface area contributed by atoms with Crippen molar-refractivity contribution in [2.75, 3.05) is 26.4 Å². The van der Waals surface area contributed by atoms with E-state index in [9.17, 15) is 9.36 Å². The van der Waals surface area contributed by atoms with Gasteiger partial charge >= 0.3 is 0 Å². The summed E-state index contributed by atoms with van der Waals surface area (Å²) in [5, 5.41) is 0. The van der Waals surface area contributed by atoms with Gasteiger partial charge in [-0.05, 0) is 33.9 Å². The van der Waals surface area contributed by atoms with Gasteiger partial charge in [0, 0.05) is 18.2 Å². The highest BCUT2D eigenvalue weighted by molar-refractivity contribution is 8.56. The minimum absolute atomic E-state index is 0.0699. The van der Waals surface area contributed by atoms with Gasteiger partial charge in [-0.15, -0.1) is 0 Å². The Hall–Kier alpha value is 0.0100. The van der Waals surface area contributed by atoms with Gasteiger partial charge in [-0.3, -0.25) is 14.0 Å². The Morgan fingerprint density at radius 1 is 1.38 bits per heavy atom. The van der Waals surface area contributed by atoms with E-state index >= 15 is 0 Å². The van der Waals surface area contributed by atoms with Crippen molar-refractivity contribution in [3.63, 3.8) is 0 Å². The van der Waals surface area contributed by atoms with E-state index in [4.69, 9.17) is 0 Å². The van der Waals surface area contributed by atoms with Crippen LogP contribution in [0.4, 0.5) is 0 Å². The van der Waals surface area contributed by atoms with Crippen molar-refractivity contribution in [3.8, 4) is 0 Å². The van der Waals surface area contributed by atoms with Crippen LogP contribution in [0.5, 0.6) is 0 Å². The summed E-state index contributed by atoms with van der Waals surface area (Å²) in [5.74, 6) is 0.954. The summed E-state index contributed by atoms with van der Waals surface area (Å²) in [5.41, 5.74) is 0. The van der Waals surface area contributed by atoms with E-state index in [0.29, 0.717) is 6.54 Å². The lowest BCUT2D eigenvalue weighted by Crippen LogP contribution is -2.32. The Morgan fingerprint density at radius 2 is 1.94 bits per heavy atom. The highest BCUT2D eigenvalue weighted by Crippen LogP contribution is 2.63. The van der Waals surface area contributed by atoms with E-state index in [2.05, 4.69) is 0 Å². The summed E-state index contributed by atoms with van der Waals surface area (Å²) in [4.78, 5) is 12.1. The number of carbonyl (C=O) groups is 1. The fraction of sp³-hybridized carbons (Fsp3) is 0.900. The van der Waals surface area contributed by atoms with Crippen LogP contribution in [0.2, 0.25) is 0 Å². The van der Waals surface area contributed by atoms with Gasteiger partial charge in [0.2, 0.25) is 5.91 Å². The third-order valence-electron chi connectivity index (χ3n) is 2.59. The van der Waals surface area contributed by atoms with Crippen LogP contribution >= 0.6 is 18.0 Å². The quantitative estimate of drug-likeness (QED) is 0.692. The van der Waals surface area contributed by atoms with Crippen molar-refractivity contribution in [2.24, 2.45) is 5.92 Å². The fourth-order valence-electron chi connectivity index (χ4n) is 1.57. The maximum atomic E-state index is 12.8. The Kier molecular flexibility index (Phi) is 4.89. The van der Waals surface area contributed by atoms with Crippen molar-refractivity contribution in [3.05, 3.63) is 0 Å². The van der Waals surface area contributed by atoms with Gasteiger partial charge in [-0.1, -0.05) is 18.3 Å². The van der Waals surface area contributed by atoms with Crippen molar-refractivity contribution >= 4 is 23.9 Å². The first kappa shape index (κ1) is 14.1. The normalized spacial score (nSPS) is 19.6. The zero-order valence-corrected chi connectivity index (χ0v) is 12.2. The largest absolute Gasteiger partial charge is 0.296 e. The number of amides is 1. The van der Waals surface area contributed by atoms with E-state index < -0.39 is 6.65 Å². The molecule has 0 N–H and O–H groups in total. The van der Waals surface area contributed by atoms with Crippen molar-refractivity contribution in [2.45, 2.75) is 26.7 Å². The predicted molar refractivity (Wildman–Crippen MR) is 69.5 cm³/mol. The first-order valence-corrected chi connectivity index (χ1v) is 8.91. The van der Waals surface area contributed by atoms with Crippen LogP contribution in [0.15, 0.2) is 0 Å². The molecule has 4 nitrogen and oxygen atoms in total. The number of nitrogens with zero attached hydrogens (tertiary/aromatic N) is 2. The second-order valence-electron chi connectivity index (χ2n) is 4.08. The highest BCUT2D eigenvalue weighted by atomic mass is 32.7. The average Bonchev–Trinajstić information content (AvgIpc) is 3.01. The summed E-state index contributed by atoms with van der Waals surface area (Å²) in [6.45, 7) is 1.65. The minimum Gasteiger partial charge on any atom is -0.274 e. The summed E-state index contributed by atoms with van der Waals surface area (Å²) in [7, 11) is 3.57. The summed E-state index contributed by atoms with van der Waals surface area (Å²) < 4.78 is 16.1. The molecular weight excluding hydrogens is 243 g/mol. The molecule has 1 aliphatic rings. The number of carbonyl (C=O) groups excluding carboxylic acids is 1. The lowest BCUT2D eigenvalue weighted by molar-refractivity contribution is -0.127. The summed E-state index contributed by atoms with van der Waals surface area (Å²) in [6.07, 6.45) is 1.92. The molecule has 1 amide bonds. The standard InChI is InChI=1S/C10H21N2O2PS/c1-5-12(10(13)9-7-8-9)15(14,11(3)4)16-6-2/h9H,5-8H2,1-4H3. The monoisotopic (exact) mass is 264 g/mol. The molecule has 0 spiro atoms. The van der Waals surface area contributed by atoms with Gasteiger partial charge < -0.3 is 0 Å². The van der Waals surface area contributed by atoms with Crippen LogP contribution in [-0.2, 0) is 9.36 Å². The van der Waals surface area contributed by atoms with Crippen molar-refractivity contribution < 1.29 is 9.36 Å². The third kappa shape index (κ3) is 2.82. The molecule has 0 bridgehead atoms. The molecule has 6 heteroatoms. The van der Waals surface area contributed by atoms with E-state index in [-0.39, 0.29) is 11.8 Å². The second-order valence-corrected chi connectivity index (χ2v) is 9.38. The number of rotatable bonds is 6. The van der Waals surface area contributed by atoms with Crippen LogP contribution in [-0.4, -0.2) is 41.6 Å². The van der Waals surface area contributed by atoms with Gasteiger partial charge in [0.05, 0.1) is 0 Å². The zero-order valence-electron chi connectivity index (χ0n) is 10.5. The van der Waals surface area contributed by atoms with E-state index in [1.54, 1.807) is 23.4 Å². The van der Waals surface area contributed by atoms with Gasteiger partial charge in [0.25, 0.3) is 6.65 Å². The molecule has 0 saturated heterocycles. The lowest BCUT2D eigenvalue weighted by atomic mass is 10.4. The SMILES string of the molecule is CCSP(=O)(N(C)C)N(CC)C(=O)C1CC1. The van der Waals surface area contributed by atoms with Crippen LogP contribution in [0.25, 0.3) is 0 Å². The molecule has 0 aromatic rings. The van der Waals surface area contributed by atoms with Crippen molar-refractivity contribution in [1.82, 2.24) is 9.34 Å². The maximum absolute atomic E-state index is 12.8. The molecule has 1 aliphatic carbocycles. The Balaban J connectivity index is 2.88. The number of hydrogen-bond acceptors (Lipinski definition) is 3. The van der Waals surface area contributed by atoms with Gasteiger partial charge in [-0.2, -0.15) is 0 Å². The molecule has 0 aliphatic heterocycles. The Morgan fingerprint density at radius 3 is 2.25 bits per heavy atom. The molecular formula is C10H21N2O2PS. The molecule has 0 aromatic carbocycles. The number of hydrogen-bond donors (Lipinski definition) is 0. The molecule has 1 fully saturated rings. The van der Waals surface area contributed by atoms with E-state index in [0.717, 1.165) is 18.6 Å². The maximum Gasteiger partial charge on any atom is 0.296 e. The second kappa shape index (κ2) is 5.56. The van der Waals surface area contributed by atoms with Gasteiger partial charge in [-0.25, -0.2) is 4.67 Å². The molecule has 94 valence electrons. The minimum atomic E-state index is -2.74. The highest BCUT2D eigenvalue weighted by Gasteiger charge is 2.42. The van der Waals surface area contributed by atoms with E-state index in [1.807, 2.05) is 13.8 Å². The molecule has 16 heavy (non-hydrogen) atoms. The summed E-state index contributed by atoms with van der Waals surface area (Å²) in [6, 6.07) is 0. The van der Waals surface area contributed by atoms with Crippen LogP contribution in [0, 0.1) is 5.92 Å². The predicted octanol–water partition coefficient (Wildman–Crippen LogP) is 2.67. The Bertz CT molecular complexity index is 305. The zero-order chi connectivity index (χ0) is 12.3. The van der Waals surface area contributed by atoms with E-state index in [1.165, 1.54) is 11.4 Å². The van der Waals surface area contributed by atoms with Crippen LogP contribution in [0.3, 0.4) is 0 Å².